The molecule has 2 rings (SSSR count). The Morgan fingerprint density at radius 1 is 1.05 bits per heavy atom. The minimum atomic E-state index is -1.39. The van der Waals surface area contributed by atoms with Gasteiger partial charge in [-0.25, -0.2) is 4.99 Å². The third-order valence-electron chi connectivity index (χ3n) is 2.33. The standard InChI is InChI=1S/C16H17NSSi/c1-19(2,3)13-11-15(14-8-5-4-6-9-14)17-16-10-7-12-18-16/h4-10,12H,1-3H3/b17-15+. The molecule has 2 aromatic rings. The third-order valence-corrected chi connectivity index (χ3v) is 3.97. The summed E-state index contributed by atoms with van der Waals surface area (Å²) in [6.07, 6.45) is 0. The van der Waals surface area contributed by atoms with Gasteiger partial charge in [-0.3, -0.25) is 0 Å². The van der Waals surface area contributed by atoms with Crippen molar-refractivity contribution in [3.63, 3.8) is 0 Å². The first-order chi connectivity index (χ1) is 9.04. The van der Waals surface area contributed by atoms with E-state index in [1.54, 1.807) is 11.3 Å². The van der Waals surface area contributed by atoms with Crippen LogP contribution in [0.4, 0.5) is 5.00 Å². The summed E-state index contributed by atoms with van der Waals surface area (Å²) in [7, 11) is -1.39. The lowest BCUT2D eigenvalue weighted by Gasteiger charge is -2.04. The molecule has 0 N–H and O–H groups in total. The zero-order chi connectivity index (χ0) is 13.7. The minimum absolute atomic E-state index is 0.866. The van der Waals surface area contributed by atoms with Gasteiger partial charge in [-0.15, -0.1) is 16.9 Å². The molecule has 0 atom stereocenters. The van der Waals surface area contributed by atoms with Crippen LogP contribution < -0.4 is 0 Å². The maximum Gasteiger partial charge on any atom is 0.129 e. The van der Waals surface area contributed by atoms with Gasteiger partial charge in [0.05, 0.1) is 0 Å². The first kappa shape index (κ1) is 13.8. The van der Waals surface area contributed by atoms with Gasteiger partial charge in [0.15, 0.2) is 0 Å². The average molecular weight is 283 g/mol. The SMILES string of the molecule is C[Si](C)(C)C#C/C(=N\c1cccs1)c1ccccc1. The quantitative estimate of drug-likeness (QED) is 0.428. The van der Waals surface area contributed by atoms with Gasteiger partial charge in [0.2, 0.25) is 0 Å². The molecule has 0 amide bonds. The molecule has 0 aliphatic carbocycles. The number of hydrogen-bond acceptors (Lipinski definition) is 2. The van der Waals surface area contributed by atoms with Crippen LogP contribution in [0.5, 0.6) is 0 Å². The van der Waals surface area contributed by atoms with Crippen molar-refractivity contribution in [3.8, 4) is 11.5 Å². The molecule has 96 valence electrons. The van der Waals surface area contributed by atoms with Crippen LogP contribution in [-0.4, -0.2) is 13.8 Å². The summed E-state index contributed by atoms with van der Waals surface area (Å²) in [5, 5.41) is 3.04. The second kappa shape index (κ2) is 6.01. The van der Waals surface area contributed by atoms with Crippen LogP contribution in [0.3, 0.4) is 0 Å². The number of rotatable bonds is 2. The lowest BCUT2D eigenvalue weighted by atomic mass is 10.1. The highest BCUT2D eigenvalue weighted by atomic mass is 32.1. The lowest BCUT2D eigenvalue weighted by molar-refractivity contribution is 1.58. The zero-order valence-corrected chi connectivity index (χ0v) is 13.3. The van der Waals surface area contributed by atoms with E-state index in [0.29, 0.717) is 0 Å². The van der Waals surface area contributed by atoms with E-state index in [1.807, 2.05) is 35.7 Å². The van der Waals surface area contributed by atoms with Gasteiger partial charge in [0.1, 0.15) is 18.8 Å². The number of benzene rings is 1. The molecule has 0 radical (unpaired) electrons. The van der Waals surface area contributed by atoms with Gasteiger partial charge in [0, 0.05) is 5.56 Å². The van der Waals surface area contributed by atoms with Gasteiger partial charge < -0.3 is 0 Å². The van der Waals surface area contributed by atoms with Crippen molar-refractivity contribution in [2.45, 2.75) is 19.6 Å². The van der Waals surface area contributed by atoms with Gasteiger partial charge >= 0.3 is 0 Å². The monoisotopic (exact) mass is 283 g/mol. The molecular weight excluding hydrogens is 266 g/mol. The van der Waals surface area contributed by atoms with Crippen LogP contribution in [0.25, 0.3) is 0 Å². The third kappa shape index (κ3) is 4.51. The smallest absolute Gasteiger partial charge is 0.129 e. The van der Waals surface area contributed by atoms with Gasteiger partial charge in [0.25, 0.3) is 0 Å². The Kier molecular flexibility index (Phi) is 4.36. The highest BCUT2D eigenvalue weighted by molar-refractivity contribution is 7.13. The van der Waals surface area contributed by atoms with Gasteiger partial charge in [-0.05, 0) is 17.5 Å². The molecule has 0 aliphatic rings. The van der Waals surface area contributed by atoms with Gasteiger partial charge in [-0.2, -0.15) is 0 Å². The molecule has 1 nitrogen and oxygen atoms in total. The van der Waals surface area contributed by atoms with Crippen LogP contribution in [0, 0.1) is 11.5 Å². The van der Waals surface area contributed by atoms with E-state index in [4.69, 9.17) is 0 Å². The van der Waals surface area contributed by atoms with Crippen LogP contribution >= 0.6 is 11.3 Å². The summed E-state index contributed by atoms with van der Waals surface area (Å²) in [5.41, 5.74) is 5.35. The molecule has 0 saturated carbocycles. The average Bonchev–Trinajstić information content (AvgIpc) is 2.87. The van der Waals surface area contributed by atoms with Crippen molar-refractivity contribution < 1.29 is 0 Å². The predicted molar refractivity (Wildman–Crippen MR) is 88.1 cm³/mol. The molecule has 19 heavy (non-hydrogen) atoms. The first-order valence-corrected chi connectivity index (χ1v) is 10.6. The van der Waals surface area contributed by atoms with Crippen LogP contribution in [0.15, 0.2) is 52.8 Å². The van der Waals surface area contributed by atoms with E-state index in [9.17, 15) is 0 Å². The van der Waals surface area contributed by atoms with E-state index in [0.717, 1.165) is 16.3 Å². The number of aliphatic imine (C=N–C) groups is 1. The highest BCUT2D eigenvalue weighted by Gasteiger charge is 2.09. The number of thiophene rings is 1. The Morgan fingerprint density at radius 2 is 1.79 bits per heavy atom. The zero-order valence-electron chi connectivity index (χ0n) is 11.5. The Hall–Kier alpha value is -1.63. The largest absolute Gasteiger partial charge is 0.228 e. The van der Waals surface area contributed by atoms with Gasteiger partial charge in [-0.1, -0.05) is 55.9 Å². The Balaban J connectivity index is 2.42. The molecule has 0 fully saturated rings. The summed E-state index contributed by atoms with van der Waals surface area (Å²) in [6.45, 7) is 6.73. The molecule has 0 spiro atoms. The molecular formula is C16H17NSSi. The van der Waals surface area contributed by atoms with Crippen LogP contribution in [0.2, 0.25) is 19.6 Å². The molecule has 1 aromatic heterocycles. The second-order valence-electron chi connectivity index (χ2n) is 5.28. The van der Waals surface area contributed by atoms with E-state index >= 15 is 0 Å². The molecule has 1 aromatic carbocycles. The van der Waals surface area contributed by atoms with Crippen molar-refractivity contribution in [2.24, 2.45) is 4.99 Å². The summed E-state index contributed by atoms with van der Waals surface area (Å²) >= 11 is 1.64. The molecule has 3 heteroatoms. The van der Waals surface area contributed by atoms with E-state index in [1.165, 1.54) is 0 Å². The van der Waals surface area contributed by atoms with Crippen molar-refractivity contribution in [1.82, 2.24) is 0 Å². The van der Waals surface area contributed by atoms with E-state index < -0.39 is 8.07 Å². The predicted octanol–water partition coefficient (Wildman–Crippen LogP) is 4.75. The van der Waals surface area contributed by atoms with Crippen LogP contribution in [0.1, 0.15) is 5.56 Å². The summed E-state index contributed by atoms with van der Waals surface area (Å²) in [5.74, 6) is 3.28. The lowest BCUT2D eigenvalue weighted by Crippen LogP contribution is -2.17. The van der Waals surface area contributed by atoms with Crippen molar-refractivity contribution in [3.05, 3.63) is 53.4 Å². The topological polar surface area (TPSA) is 12.4 Å². The Morgan fingerprint density at radius 3 is 2.37 bits per heavy atom. The Labute approximate surface area is 120 Å². The molecule has 0 unspecified atom stereocenters. The Bertz CT molecular complexity index is 610. The van der Waals surface area contributed by atoms with Crippen molar-refractivity contribution in [2.75, 3.05) is 0 Å². The molecule has 0 saturated heterocycles. The molecule has 0 bridgehead atoms. The van der Waals surface area contributed by atoms with Crippen molar-refractivity contribution in [1.29, 1.82) is 0 Å². The minimum Gasteiger partial charge on any atom is -0.228 e. The fourth-order valence-corrected chi connectivity index (χ4v) is 2.54. The van der Waals surface area contributed by atoms with Crippen LogP contribution in [-0.2, 0) is 0 Å². The fourth-order valence-electron chi connectivity index (χ4n) is 1.45. The molecule has 0 aliphatic heterocycles. The summed E-state index contributed by atoms with van der Waals surface area (Å²) in [6, 6.07) is 14.2. The fraction of sp³-hybridized carbons (Fsp3) is 0.188. The summed E-state index contributed by atoms with van der Waals surface area (Å²) in [4.78, 5) is 4.68. The second-order valence-corrected chi connectivity index (χ2v) is 11.0. The highest BCUT2D eigenvalue weighted by Crippen LogP contribution is 2.20. The van der Waals surface area contributed by atoms with E-state index in [-0.39, 0.29) is 0 Å². The maximum absolute atomic E-state index is 4.68. The number of nitrogens with zero attached hydrogens (tertiary/aromatic N) is 1. The summed E-state index contributed by atoms with van der Waals surface area (Å²) < 4.78 is 0. The normalized spacial score (nSPS) is 11.8. The van der Waals surface area contributed by atoms with Crippen molar-refractivity contribution >= 4 is 30.1 Å². The van der Waals surface area contributed by atoms with E-state index in [2.05, 4.69) is 48.2 Å². The number of hydrogen-bond donors (Lipinski definition) is 0. The first-order valence-electron chi connectivity index (χ1n) is 6.25. The maximum atomic E-state index is 4.68. The molecule has 1 heterocycles.